The van der Waals surface area contributed by atoms with Crippen molar-refractivity contribution in [3.05, 3.63) is 0 Å². The summed E-state index contributed by atoms with van der Waals surface area (Å²) in [5.74, 6) is 0. The molecule has 0 radical (unpaired) electrons. The van der Waals surface area contributed by atoms with Crippen molar-refractivity contribution in [2.24, 2.45) is 0 Å². The Morgan fingerprint density at radius 3 is 1.09 bits per heavy atom. The molecule has 0 amide bonds. The highest BCUT2D eigenvalue weighted by Crippen LogP contribution is 2.25. The quantitative estimate of drug-likeness (QED) is 0.263. The molecule has 0 aromatic rings. The van der Waals surface area contributed by atoms with Crippen molar-refractivity contribution < 1.29 is 51.5 Å². The molecule has 0 aromatic carbocycles. The molecule has 14 heteroatoms. The van der Waals surface area contributed by atoms with Crippen molar-refractivity contribution in [1.29, 1.82) is 0 Å². The average Bonchev–Trinajstić information content (AvgIpc) is 2.29. The van der Waals surface area contributed by atoms with Crippen molar-refractivity contribution in [2.45, 2.75) is 36.7 Å². The lowest BCUT2D eigenvalue weighted by Gasteiger charge is -2.09. The van der Waals surface area contributed by atoms with E-state index in [1.165, 1.54) is 0 Å². The van der Waals surface area contributed by atoms with Gasteiger partial charge in [0.1, 0.15) is 0 Å². The minimum atomic E-state index is -5.66. The summed E-state index contributed by atoms with van der Waals surface area (Å²) in [6.07, 6.45) is 0.00820. The van der Waals surface area contributed by atoms with Crippen LogP contribution in [0.25, 0.3) is 0 Å². The first kappa shape index (κ1) is 21.4. The molecular weight excluding hydrogens is 370 g/mol. The van der Waals surface area contributed by atoms with Gasteiger partial charge in [0.15, 0.2) is 0 Å². The molecule has 0 aromatic heterocycles. The summed E-state index contributed by atoms with van der Waals surface area (Å²) in [6, 6.07) is 0. The Bertz CT molecular complexity index is 484. The van der Waals surface area contributed by atoms with Crippen molar-refractivity contribution in [3.8, 4) is 0 Å². The molecular formula is C8H12F6O6S2. The van der Waals surface area contributed by atoms with E-state index in [1.54, 1.807) is 0 Å². The summed E-state index contributed by atoms with van der Waals surface area (Å²) in [7, 11) is -11.3. The maximum atomic E-state index is 11.8. The molecule has 0 saturated carbocycles. The first-order chi connectivity index (χ1) is 9.71. The molecule has 22 heavy (non-hydrogen) atoms. The largest absolute Gasteiger partial charge is 0.523 e. The Labute approximate surface area is 122 Å². The van der Waals surface area contributed by atoms with E-state index in [0.29, 0.717) is 0 Å². The van der Waals surface area contributed by atoms with Gasteiger partial charge in [-0.3, -0.25) is 8.37 Å². The number of rotatable bonds is 9. The van der Waals surface area contributed by atoms with Gasteiger partial charge in [-0.15, -0.1) is 0 Å². The first-order valence-corrected chi connectivity index (χ1v) is 8.44. The number of hydrogen-bond acceptors (Lipinski definition) is 6. The van der Waals surface area contributed by atoms with Crippen LogP contribution < -0.4 is 0 Å². The SMILES string of the molecule is O=S(=O)(OCCCCCCOS(=O)(=O)C(F)(F)F)C(F)(F)F. The summed E-state index contributed by atoms with van der Waals surface area (Å²) in [6.45, 7) is -1.49. The highest BCUT2D eigenvalue weighted by molar-refractivity contribution is 7.87. The topological polar surface area (TPSA) is 86.7 Å². The van der Waals surface area contributed by atoms with E-state index >= 15 is 0 Å². The van der Waals surface area contributed by atoms with E-state index in [2.05, 4.69) is 8.37 Å². The lowest BCUT2D eigenvalue weighted by atomic mass is 10.2. The second-order valence-electron chi connectivity index (χ2n) is 3.86. The highest BCUT2D eigenvalue weighted by Gasteiger charge is 2.47. The van der Waals surface area contributed by atoms with Gasteiger partial charge in [-0.05, 0) is 12.8 Å². The van der Waals surface area contributed by atoms with Gasteiger partial charge in [0.2, 0.25) is 0 Å². The van der Waals surface area contributed by atoms with E-state index < -0.39 is 44.5 Å². The van der Waals surface area contributed by atoms with Crippen LogP contribution in [-0.4, -0.2) is 41.1 Å². The fourth-order valence-electron chi connectivity index (χ4n) is 1.03. The summed E-state index contributed by atoms with van der Waals surface area (Å²) in [4.78, 5) is 0. The van der Waals surface area contributed by atoms with Crippen LogP contribution in [0.2, 0.25) is 0 Å². The number of unbranched alkanes of at least 4 members (excludes halogenated alkanes) is 3. The molecule has 0 N–H and O–H groups in total. The van der Waals surface area contributed by atoms with Crippen molar-refractivity contribution in [1.82, 2.24) is 0 Å². The van der Waals surface area contributed by atoms with Gasteiger partial charge in [0.05, 0.1) is 13.2 Å². The van der Waals surface area contributed by atoms with Gasteiger partial charge in [-0.2, -0.15) is 43.2 Å². The smallest absolute Gasteiger partial charge is 0.263 e. The molecule has 0 aliphatic heterocycles. The van der Waals surface area contributed by atoms with Crippen LogP contribution in [0.4, 0.5) is 26.3 Å². The van der Waals surface area contributed by atoms with E-state index in [4.69, 9.17) is 0 Å². The fraction of sp³-hybridized carbons (Fsp3) is 1.00. The van der Waals surface area contributed by atoms with Gasteiger partial charge in [-0.1, -0.05) is 12.8 Å². The summed E-state index contributed by atoms with van der Waals surface area (Å²) in [5, 5.41) is 0. The van der Waals surface area contributed by atoms with Crippen molar-refractivity contribution in [3.63, 3.8) is 0 Å². The fourth-order valence-corrected chi connectivity index (χ4v) is 1.97. The standard InChI is InChI=1S/C8H12F6O6S2/c9-7(10,11)21(15,16)19-5-3-1-2-4-6-20-22(17,18)8(12,13)14/h1-6H2. The van der Waals surface area contributed by atoms with Gasteiger partial charge in [0, 0.05) is 0 Å². The summed E-state index contributed by atoms with van der Waals surface area (Å²) >= 11 is 0. The van der Waals surface area contributed by atoms with E-state index in [-0.39, 0.29) is 25.7 Å². The number of alkyl halides is 6. The van der Waals surface area contributed by atoms with Gasteiger partial charge >= 0.3 is 31.3 Å². The first-order valence-electron chi connectivity index (χ1n) is 5.62. The van der Waals surface area contributed by atoms with Crippen LogP contribution in [0.15, 0.2) is 0 Å². The van der Waals surface area contributed by atoms with Gasteiger partial charge < -0.3 is 0 Å². The monoisotopic (exact) mass is 382 g/mol. The van der Waals surface area contributed by atoms with Crippen LogP contribution >= 0.6 is 0 Å². The molecule has 0 rings (SSSR count). The Kier molecular flexibility index (Phi) is 7.57. The molecule has 0 aliphatic rings. The second kappa shape index (κ2) is 7.79. The van der Waals surface area contributed by atoms with Crippen LogP contribution in [0.3, 0.4) is 0 Å². The molecule has 0 unspecified atom stereocenters. The summed E-state index contributed by atoms with van der Waals surface area (Å²) < 4.78 is 120. The maximum absolute atomic E-state index is 11.8. The van der Waals surface area contributed by atoms with Gasteiger partial charge in [0.25, 0.3) is 0 Å². The molecule has 0 saturated heterocycles. The van der Waals surface area contributed by atoms with Crippen LogP contribution in [0.5, 0.6) is 0 Å². The Morgan fingerprint density at radius 1 is 0.591 bits per heavy atom. The zero-order chi connectivity index (χ0) is 17.7. The third-order valence-electron chi connectivity index (χ3n) is 2.08. The van der Waals surface area contributed by atoms with E-state index in [9.17, 15) is 43.2 Å². The summed E-state index contributed by atoms with van der Waals surface area (Å²) in [5.41, 5.74) is -11.0. The minimum Gasteiger partial charge on any atom is -0.263 e. The molecule has 0 fully saturated rings. The molecule has 0 spiro atoms. The van der Waals surface area contributed by atoms with Crippen molar-refractivity contribution >= 4 is 20.2 Å². The van der Waals surface area contributed by atoms with Crippen LogP contribution in [0.1, 0.15) is 25.7 Å². The van der Waals surface area contributed by atoms with Crippen LogP contribution in [0, 0.1) is 0 Å². The number of halogens is 6. The Balaban J connectivity index is 3.82. The normalized spacial score (nSPS) is 14.3. The van der Waals surface area contributed by atoms with Crippen LogP contribution in [-0.2, 0) is 28.6 Å². The number of hydrogen-bond donors (Lipinski definition) is 0. The molecule has 0 aliphatic carbocycles. The lowest BCUT2D eigenvalue weighted by molar-refractivity contribution is -0.0549. The third kappa shape index (κ3) is 7.11. The highest BCUT2D eigenvalue weighted by atomic mass is 32.2. The average molecular weight is 382 g/mol. The second-order valence-corrected chi connectivity index (χ2v) is 7.07. The maximum Gasteiger partial charge on any atom is 0.523 e. The zero-order valence-corrected chi connectivity index (χ0v) is 12.4. The molecule has 0 bridgehead atoms. The van der Waals surface area contributed by atoms with Crippen molar-refractivity contribution in [2.75, 3.05) is 13.2 Å². The van der Waals surface area contributed by atoms with E-state index in [0.717, 1.165) is 0 Å². The van der Waals surface area contributed by atoms with Gasteiger partial charge in [-0.25, -0.2) is 0 Å². The Morgan fingerprint density at radius 2 is 0.864 bits per heavy atom. The lowest BCUT2D eigenvalue weighted by Crippen LogP contribution is -2.26. The molecule has 0 heterocycles. The Hall–Kier alpha value is -0.600. The molecule has 6 nitrogen and oxygen atoms in total. The predicted molar refractivity (Wildman–Crippen MR) is 60.3 cm³/mol. The molecule has 134 valence electrons. The zero-order valence-electron chi connectivity index (χ0n) is 10.8. The van der Waals surface area contributed by atoms with E-state index in [1.807, 2.05) is 0 Å². The predicted octanol–water partition coefficient (Wildman–Crippen LogP) is 2.28. The minimum absolute atomic E-state index is 0.110. The molecule has 0 atom stereocenters. The third-order valence-corrected chi connectivity index (χ3v) is 4.17.